The van der Waals surface area contributed by atoms with Gasteiger partial charge in [0, 0.05) is 12.6 Å². The van der Waals surface area contributed by atoms with Gasteiger partial charge in [-0.15, -0.1) is 0 Å². The summed E-state index contributed by atoms with van der Waals surface area (Å²) in [6.07, 6.45) is 2.21. The Morgan fingerprint density at radius 2 is 2.23 bits per heavy atom. The Hall–Kier alpha value is -0.610. The highest BCUT2D eigenvalue weighted by molar-refractivity contribution is 5.77. The van der Waals surface area contributed by atoms with E-state index in [1.165, 1.54) is 0 Å². The molecule has 0 radical (unpaired) electrons. The van der Waals surface area contributed by atoms with Crippen molar-refractivity contribution >= 4 is 5.91 Å². The number of rotatable bonds is 5. The zero-order valence-electron chi connectivity index (χ0n) is 8.30. The molecule has 0 saturated heterocycles. The number of nitrogens with one attached hydrogen (secondary N) is 1. The smallest absolute Gasteiger partial charge is 0.246 e. The number of ether oxygens (including phenoxy) is 1. The van der Waals surface area contributed by atoms with E-state index in [4.69, 9.17) is 10.5 Å². The highest BCUT2D eigenvalue weighted by Gasteiger charge is 2.24. The van der Waals surface area contributed by atoms with Gasteiger partial charge in [-0.3, -0.25) is 4.79 Å². The molecule has 1 rings (SSSR count). The van der Waals surface area contributed by atoms with Gasteiger partial charge < -0.3 is 15.8 Å². The highest BCUT2D eigenvalue weighted by Crippen LogP contribution is 2.18. The van der Waals surface area contributed by atoms with Crippen LogP contribution in [0.15, 0.2) is 0 Å². The van der Waals surface area contributed by atoms with Crippen LogP contribution in [0, 0.1) is 0 Å². The third kappa shape index (κ3) is 4.24. The van der Waals surface area contributed by atoms with Crippen LogP contribution < -0.4 is 11.1 Å². The number of hydrogen-bond donors (Lipinski definition) is 2. The number of hydrogen-bond acceptors (Lipinski definition) is 3. The second kappa shape index (κ2) is 4.07. The molecule has 13 heavy (non-hydrogen) atoms. The zero-order valence-corrected chi connectivity index (χ0v) is 8.30. The third-order valence-electron chi connectivity index (χ3n) is 2.03. The molecule has 0 bridgehead atoms. The summed E-state index contributed by atoms with van der Waals surface area (Å²) in [5, 5.41) is 2.85. The summed E-state index contributed by atoms with van der Waals surface area (Å²) in [6.45, 7) is 4.28. The molecule has 0 aromatic rings. The molecule has 0 unspecified atom stereocenters. The molecule has 1 saturated carbocycles. The van der Waals surface area contributed by atoms with Crippen LogP contribution in [0.3, 0.4) is 0 Å². The zero-order chi connectivity index (χ0) is 9.90. The second-order valence-electron chi connectivity index (χ2n) is 4.09. The van der Waals surface area contributed by atoms with Gasteiger partial charge in [0.15, 0.2) is 0 Å². The van der Waals surface area contributed by atoms with Crippen molar-refractivity contribution in [3.05, 3.63) is 0 Å². The maximum Gasteiger partial charge on any atom is 0.246 e. The summed E-state index contributed by atoms with van der Waals surface area (Å²) >= 11 is 0. The van der Waals surface area contributed by atoms with Crippen molar-refractivity contribution in [1.29, 1.82) is 0 Å². The molecule has 4 heteroatoms. The van der Waals surface area contributed by atoms with Gasteiger partial charge in [0.1, 0.15) is 6.61 Å². The normalized spacial score (nSPS) is 17.2. The molecule has 0 aromatic heterocycles. The number of carbonyl (C=O) groups excluding carboxylic acids is 1. The van der Waals surface area contributed by atoms with E-state index in [1.54, 1.807) is 0 Å². The lowest BCUT2D eigenvalue weighted by molar-refractivity contribution is -0.131. The molecule has 1 fully saturated rings. The average molecular weight is 186 g/mol. The fourth-order valence-electron chi connectivity index (χ4n) is 0.817. The fourth-order valence-corrected chi connectivity index (χ4v) is 0.817. The largest absolute Gasteiger partial charge is 0.364 e. The summed E-state index contributed by atoms with van der Waals surface area (Å²) in [5.41, 5.74) is 5.05. The van der Waals surface area contributed by atoms with E-state index >= 15 is 0 Å². The Morgan fingerprint density at radius 1 is 1.62 bits per heavy atom. The monoisotopic (exact) mass is 186 g/mol. The first-order valence-corrected chi connectivity index (χ1v) is 4.67. The first-order chi connectivity index (χ1) is 6.03. The van der Waals surface area contributed by atoms with Crippen molar-refractivity contribution in [3.63, 3.8) is 0 Å². The lowest BCUT2D eigenvalue weighted by atomic mass is 10.1. The Kier molecular flexibility index (Phi) is 3.27. The van der Waals surface area contributed by atoms with Gasteiger partial charge in [0.05, 0.1) is 5.60 Å². The SMILES string of the molecule is CC(C)(CN)OCC(=O)NC1CC1. The predicted molar refractivity (Wildman–Crippen MR) is 50.3 cm³/mol. The van der Waals surface area contributed by atoms with E-state index in [2.05, 4.69) is 5.32 Å². The first kappa shape index (κ1) is 10.5. The second-order valence-corrected chi connectivity index (χ2v) is 4.09. The molecule has 4 nitrogen and oxygen atoms in total. The quantitative estimate of drug-likeness (QED) is 0.636. The van der Waals surface area contributed by atoms with Gasteiger partial charge >= 0.3 is 0 Å². The van der Waals surface area contributed by atoms with Gasteiger partial charge in [-0.05, 0) is 26.7 Å². The van der Waals surface area contributed by atoms with Crippen LogP contribution in [0.25, 0.3) is 0 Å². The maximum atomic E-state index is 11.2. The van der Waals surface area contributed by atoms with Crippen molar-refractivity contribution in [2.45, 2.75) is 38.3 Å². The molecular weight excluding hydrogens is 168 g/mol. The van der Waals surface area contributed by atoms with Crippen molar-refractivity contribution in [1.82, 2.24) is 5.32 Å². The molecule has 0 atom stereocenters. The molecule has 76 valence electrons. The molecule has 1 aliphatic rings. The van der Waals surface area contributed by atoms with Crippen LogP contribution in [0.2, 0.25) is 0 Å². The van der Waals surface area contributed by atoms with Gasteiger partial charge in [-0.25, -0.2) is 0 Å². The van der Waals surface area contributed by atoms with Crippen molar-refractivity contribution in [3.8, 4) is 0 Å². The van der Waals surface area contributed by atoms with E-state index in [0.29, 0.717) is 12.6 Å². The average Bonchev–Trinajstić information content (AvgIpc) is 2.85. The first-order valence-electron chi connectivity index (χ1n) is 4.67. The third-order valence-corrected chi connectivity index (χ3v) is 2.03. The van der Waals surface area contributed by atoms with Gasteiger partial charge in [0.2, 0.25) is 5.91 Å². The molecule has 0 aromatic carbocycles. The van der Waals surface area contributed by atoms with E-state index < -0.39 is 5.60 Å². The molecular formula is C9H18N2O2. The van der Waals surface area contributed by atoms with E-state index in [9.17, 15) is 4.79 Å². The number of nitrogens with two attached hydrogens (primary N) is 1. The number of amides is 1. The number of carbonyl (C=O) groups is 1. The minimum absolute atomic E-state index is 0.0379. The summed E-state index contributed by atoms with van der Waals surface area (Å²) in [5.74, 6) is -0.0379. The van der Waals surface area contributed by atoms with Crippen molar-refractivity contribution in [2.75, 3.05) is 13.2 Å². The van der Waals surface area contributed by atoms with Gasteiger partial charge in [-0.2, -0.15) is 0 Å². The lowest BCUT2D eigenvalue weighted by Gasteiger charge is -2.22. The molecule has 0 heterocycles. The lowest BCUT2D eigenvalue weighted by Crippen LogP contribution is -2.39. The van der Waals surface area contributed by atoms with Gasteiger partial charge in [0.25, 0.3) is 0 Å². The Bertz CT molecular complexity index is 188. The Balaban J connectivity index is 2.13. The van der Waals surface area contributed by atoms with Gasteiger partial charge in [-0.1, -0.05) is 0 Å². The topological polar surface area (TPSA) is 64.3 Å². The summed E-state index contributed by atoms with van der Waals surface area (Å²) in [6, 6.07) is 0.400. The van der Waals surface area contributed by atoms with Crippen LogP contribution in [0.5, 0.6) is 0 Å². The minimum Gasteiger partial charge on any atom is -0.364 e. The fraction of sp³-hybridized carbons (Fsp3) is 0.889. The molecule has 3 N–H and O–H groups in total. The summed E-state index contributed by atoms with van der Waals surface area (Å²) < 4.78 is 5.33. The van der Waals surface area contributed by atoms with Crippen molar-refractivity contribution in [2.24, 2.45) is 5.73 Å². The van der Waals surface area contributed by atoms with Crippen LogP contribution in [0.1, 0.15) is 26.7 Å². The molecule has 0 aliphatic heterocycles. The standard InChI is InChI=1S/C9H18N2O2/c1-9(2,6-10)13-5-8(12)11-7-3-4-7/h7H,3-6,10H2,1-2H3,(H,11,12). The molecule has 0 spiro atoms. The molecule has 1 amide bonds. The van der Waals surface area contributed by atoms with Crippen LogP contribution in [0.4, 0.5) is 0 Å². The summed E-state index contributed by atoms with van der Waals surface area (Å²) in [7, 11) is 0. The molecule has 1 aliphatic carbocycles. The van der Waals surface area contributed by atoms with Crippen molar-refractivity contribution < 1.29 is 9.53 Å². The maximum absolute atomic E-state index is 11.2. The van der Waals surface area contributed by atoms with Crippen LogP contribution in [-0.2, 0) is 9.53 Å². The van der Waals surface area contributed by atoms with Crippen LogP contribution >= 0.6 is 0 Å². The predicted octanol–water partition coefficient (Wildman–Crippen LogP) is 0.0189. The van der Waals surface area contributed by atoms with E-state index in [0.717, 1.165) is 12.8 Å². The minimum atomic E-state index is -0.402. The highest BCUT2D eigenvalue weighted by atomic mass is 16.5. The van der Waals surface area contributed by atoms with E-state index in [1.807, 2.05) is 13.8 Å². The van der Waals surface area contributed by atoms with E-state index in [-0.39, 0.29) is 12.5 Å². The Labute approximate surface area is 78.8 Å². The van der Waals surface area contributed by atoms with Crippen LogP contribution in [-0.4, -0.2) is 30.7 Å². The summed E-state index contributed by atoms with van der Waals surface area (Å²) in [4.78, 5) is 11.2. The Morgan fingerprint density at radius 3 is 2.69 bits per heavy atom.